The Balaban J connectivity index is 1.34. The molecule has 0 radical (unpaired) electrons. The minimum atomic E-state index is -0.834. The molecule has 36 heavy (non-hydrogen) atoms. The molecule has 0 saturated carbocycles. The van der Waals surface area contributed by atoms with Gasteiger partial charge >= 0.3 is 5.97 Å². The zero-order valence-corrected chi connectivity index (χ0v) is 21.4. The van der Waals surface area contributed by atoms with Crippen molar-refractivity contribution in [3.63, 3.8) is 0 Å². The molecule has 0 bridgehead atoms. The summed E-state index contributed by atoms with van der Waals surface area (Å²) >= 11 is 0. The molecule has 0 heterocycles. The molecule has 0 amide bonds. The number of aryl methyl sites for hydroxylation is 1. The van der Waals surface area contributed by atoms with Gasteiger partial charge in [0, 0.05) is 12.0 Å². The zero-order valence-electron chi connectivity index (χ0n) is 21.4. The molecule has 5 rings (SSSR count). The van der Waals surface area contributed by atoms with Gasteiger partial charge in [0.05, 0.1) is 5.56 Å². The fraction of sp³-hybridized carbons (Fsp3) is 0.303. The normalized spacial score (nSPS) is 18.1. The largest absolute Gasteiger partial charge is 0.478 e. The summed E-state index contributed by atoms with van der Waals surface area (Å²) in [5.41, 5.74) is 7.45. The second-order valence-corrected chi connectivity index (χ2v) is 10.4. The molecule has 1 aliphatic carbocycles. The molecule has 3 atom stereocenters. The summed E-state index contributed by atoms with van der Waals surface area (Å²) in [6.45, 7) is 7.08. The summed E-state index contributed by atoms with van der Waals surface area (Å²) < 4.78 is 0. The second kappa shape index (κ2) is 10.3. The first-order valence-electron chi connectivity index (χ1n) is 13.1. The number of rotatable bonds is 7. The quantitative estimate of drug-likeness (QED) is 0.288. The molecule has 3 heteroatoms. The average Bonchev–Trinajstić information content (AvgIpc) is 2.88. The van der Waals surface area contributed by atoms with Crippen LogP contribution in [0.4, 0.5) is 0 Å². The highest BCUT2D eigenvalue weighted by atomic mass is 16.4. The van der Waals surface area contributed by atoms with E-state index in [1.807, 2.05) is 19.9 Å². The number of benzene rings is 4. The zero-order chi connectivity index (χ0) is 25.2. The molecule has 0 fully saturated rings. The Kier molecular flexibility index (Phi) is 6.93. The predicted octanol–water partition coefficient (Wildman–Crippen LogP) is 7.59. The van der Waals surface area contributed by atoms with Gasteiger partial charge < -0.3 is 10.4 Å². The van der Waals surface area contributed by atoms with E-state index in [0.717, 1.165) is 42.5 Å². The van der Waals surface area contributed by atoms with Crippen molar-refractivity contribution < 1.29 is 9.90 Å². The number of hydrogen-bond acceptors (Lipinski definition) is 2. The number of fused-ring (bicyclic) bond motifs is 2. The van der Waals surface area contributed by atoms with Gasteiger partial charge in [-0.3, -0.25) is 0 Å². The van der Waals surface area contributed by atoms with Crippen molar-refractivity contribution in [2.24, 2.45) is 5.92 Å². The molecular formula is C33H35NO2. The van der Waals surface area contributed by atoms with Crippen LogP contribution in [0.15, 0.2) is 78.9 Å². The van der Waals surface area contributed by atoms with Crippen molar-refractivity contribution in [2.75, 3.05) is 6.54 Å². The van der Waals surface area contributed by atoms with Crippen molar-refractivity contribution in [3.8, 4) is 0 Å². The van der Waals surface area contributed by atoms with E-state index in [2.05, 4.69) is 85.0 Å². The Bertz CT molecular complexity index is 1400. The first kappa shape index (κ1) is 24.3. The Hall–Kier alpha value is -3.43. The third-order valence-electron chi connectivity index (χ3n) is 8.11. The topological polar surface area (TPSA) is 49.3 Å². The highest BCUT2D eigenvalue weighted by Crippen LogP contribution is 2.42. The van der Waals surface area contributed by atoms with Gasteiger partial charge in [-0.15, -0.1) is 0 Å². The maximum absolute atomic E-state index is 12.0. The van der Waals surface area contributed by atoms with Crippen molar-refractivity contribution >= 4 is 16.7 Å². The molecule has 184 valence electrons. The van der Waals surface area contributed by atoms with E-state index >= 15 is 0 Å². The number of carbonyl (C=O) groups is 1. The Morgan fingerprint density at radius 3 is 2.53 bits per heavy atom. The molecule has 3 nitrogen and oxygen atoms in total. The first-order valence-corrected chi connectivity index (χ1v) is 13.1. The molecule has 2 unspecified atom stereocenters. The molecule has 0 saturated heterocycles. The van der Waals surface area contributed by atoms with Gasteiger partial charge in [-0.25, -0.2) is 4.79 Å². The van der Waals surface area contributed by atoms with E-state index in [0.29, 0.717) is 11.5 Å². The fourth-order valence-corrected chi connectivity index (χ4v) is 6.24. The van der Waals surface area contributed by atoms with Gasteiger partial charge in [-0.2, -0.15) is 0 Å². The number of hydrogen-bond donors (Lipinski definition) is 2. The summed E-state index contributed by atoms with van der Waals surface area (Å²) in [5.74, 6) is -0.0562. The molecule has 0 spiro atoms. The van der Waals surface area contributed by atoms with Crippen LogP contribution in [0, 0.1) is 19.8 Å². The summed E-state index contributed by atoms with van der Waals surface area (Å²) in [5, 5.41) is 16.2. The fourth-order valence-electron chi connectivity index (χ4n) is 6.24. The van der Waals surface area contributed by atoms with Crippen LogP contribution in [0.5, 0.6) is 0 Å². The smallest absolute Gasteiger partial charge is 0.336 e. The van der Waals surface area contributed by atoms with Crippen LogP contribution < -0.4 is 5.32 Å². The lowest BCUT2D eigenvalue weighted by Gasteiger charge is -2.33. The minimum absolute atomic E-state index is 0.231. The molecular weight excluding hydrogens is 442 g/mol. The van der Waals surface area contributed by atoms with Crippen LogP contribution in [-0.2, 0) is 6.42 Å². The molecule has 2 N–H and O–H groups in total. The van der Waals surface area contributed by atoms with E-state index in [9.17, 15) is 9.90 Å². The molecule has 4 aromatic rings. The van der Waals surface area contributed by atoms with Gasteiger partial charge in [0.2, 0.25) is 0 Å². The standard InChI is InChI=1S/C33H35NO2/c1-21-15-16-27(22(2)32(21)33(35)36)31-20-24(19-26-10-5-7-13-30(26)31)17-18-34-23(3)28-14-8-11-25-9-4-6-12-29(25)28/h4-16,23-24,31,34H,17-20H2,1-3H3,(H,35,36)/t23-,24?,31?/m1/s1. The number of carboxylic acids is 1. The van der Waals surface area contributed by atoms with E-state index in [4.69, 9.17) is 0 Å². The van der Waals surface area contributed by atoms with E-state index in [1.54, 1.807) is 0 Å². The van der Waals surface area contributed by atoms with Crippen LogP contribution in [0.3, 0.4) is 0 Å². The SMILES string of the molecule is Cc1ccc(C2CC(CCN[C@H](C)c3cccc4ccccc34)Cc3ccccc32)c(C)c1C(=O)O. The maximum Gasteiger partial charge on any atom is 0.336 e. The van der Waals surface area contributed by atoms with Crippen molar-refractivity contribution in [1.29, 1.82) is 0 Å². The number of aromatic carboxylic acids is 1. The second-order valence-electron chi connectivity index (χ2n) is 10.4. The van der Waals surface area contributed by atoms with Gasteiger partial charge in [0.1, 0.15) is 0 Å². The van der Waals surface area contributed by atoms with Crippen molar-refractivity contribution in [3.05, 3.63) is 118 Å². The lowest BCUT2D eigenvalue weighted by Crippen LogP contribution is -2.26. The maximum atomic E-state index is 12.0. The van der Waals surface area contributed by atoms with Gasteiger partial charge in [0.25, 0.3) is 0 Å². The highest BCUT2D eigenvalue weighted by molar-refractivity contribution is 5.91. The Morgan fingerprint density at radius 1 is 0.944 bits per heavy atom. The third-order valence-corrected chi connectivity index (χ3v) is 8.11. The predicted molar refractivity (Wildman–Crippen MR) is 148 cm³/mol. The molecule has 0 aromatic heterocycles. The van der Waals surface area contributed by atoms with Crippen LogP contribution in [0.25, 0.3) is 10.8 Å². The summed E-state index contributed by atoms with van der Waals surface area (Å²) in [6, 6.07) is 28.3. The van der Waals surface area contributed by atoms with Crippen LogP contribution in [0.1, 0.15) is 75.5 Å². The van der Waals surface area contributed by atoms with Gasteiger partial charge in [-0.1, -0.05) is 78.9 Å². The number of carboxylic acid groups (broad SMARTS) is 1. The van der Waals surface area contributed by atoms with Crippen LogP contribution >= 0.6 is 0 Å². The third kappa shape index (κ3) is 4.68. The molecule has 4 aromatic carbocycles. The first-order chi connectivity index (χ1) is 17.4. The average molecular weight is 478 g/mol. The summed E-state index contributed by atoms with van der Waals surface area (Å²) in [7, 11) is 0. The number of nitrogens with one attached hydrogen (secondary N) is 1. The van der Waals surface area contributed by atoms with E-state index in [-0.39, 0.29) is 12.0 Å². The summed E-state index contributed by atoms with van der Waals surface area (Å²) in [4.78, 5) is 12.0. The Morgan fingerprint density at radius 2 is 1.69 bits per heavy atom. The molecule has 0 aliphatic heterocycles. The molecule has 1 aliphatic rings. The van der Waals surface area contributed by atoms with Crippen LogP contribution in [0.2, 0.25) is 0 Å². The lowest BCUT2D eigenvalue weighted by atomic mass is 9.71. The minimum Gasteiger partial charge on any atom is -0.478 e. The highest BCUT2D eigenvalue weighted by Gasteiger charge is 2.30. The van der Waals surface area contributed by atoms with Crippen molar-refractivity contribution in [2.45, 2.75) is 52.0 Å². The van der Waals surface area contributed by atoms with E-state index < -0.39 is 5.97 Å². The van der Waals surface area contributed by atoms with Gasteiger partial charge in [0.15, 0.2) is 0 Å². The summed E-state index contributed by atoms with van der Waals surface area (Å²) in [6.07, 6.45) is 3.22. The monoisotopic (exact) mass is 477 g/mol. The van der Waals surface area contributed by atoms with Gasteiger partial charge in [-0.05, 0) is 96.6 Å². The van der Waals surface area contributed by atoms with E-state index in [1.165, 1.54) is 27.5 Å². The van der Waals surface area contributed by atoms with Crippen molar-refractivity contribution in [1.82, 2.24) is 5.32 Å². The van der Waals surface area contributed by atoms with Crippen LogP contribution in [-0.4, -0.2) is 17.6 Å². The lowest BCUT2D eigenvalue weighted by molar-refractivity contribution is 0.0695. The Labute approximate surface area is 214 Å².